The number of hydrogen-bond acceptors (Lipinski definition) is 2. The van der Waals surface area contributed by atoms with Crippen molar-refractivity contribution in [1.82, 2.24) is 0 Å². The molecule has 1 aromatic carbocycles. The van der Waals surface area contributed by atoms with E-state index in [2.05, 4.69) is 15.9 Å². The number of phenols is 1. The van der Waals surface area contributed by atoms with Crippen LogP contribution < -0.4 is 5.73 Å². The maximum absolute atomic E-state index is 12.8. The van der Waals surface area contributed by atoms with Crippen molar-refractivity contribution in [3.05, 3.63) is 28.0 Å². The van der Waals surface area contributed by atoms with Gasteiger partial charge >= 0.3 is 0 Å². The molecule has 1 aromatic rings. The molecule has 3 N–H and O–H groups in total. The molecule has 0 saturated heterocycles. The molecule has 0 spiro atoms. The minimum absolute atomic E-state index is 0.302. The zero-order valence-corrected chi connectivity index (χ0v) is 7.94. The summed E-state index contributed by atoms with van der Waals surface area (Å²) in [5.41, 5.74) is 5.81. The predicted molar refractivity (Wildman–Crippen MR) is 48.5 cm³/mol. The first-order chi connectivity index (χ1) is 5.65. The van der Waals surface area contributed by atoms with E-state index >= 15 is 0 Å². The van der Waals surface area contributed by atoms with E-state index in [0.717, 1.165) is 0 Å². The second-order valence-corrected chi connectivity index (χ2v) is 3.35. The number of aromatic hydroxyl groups is 1. The van der Waals surface area contributed by atoms with E-state index in [-0.39, 0.29) is 5.75 Å². The van der Waals surface area contributed by atoms with Crippen LogP contribution in [-0.2, 0) is 6.42 Å². The maximum atomic E-state index is 12.8. The SMILES string of the molecule is NCCc1cc(Br)cc(F)c1O. The van der Waals surface area contributed by atoms with Crippen molar-refractivity contribution in [3.63, 3.8) is 0 Å². The van der Waals surface area contributed by atoms with Crippen LogP contribution in [0.4, 0.5) is 4.39 Å². The van der Waals surface area contributed by atoms with E-state index in [4.69, 9.17) is 5.73 Å². The monoisotopic (exact) mass is 233 g/mol. The van der Waals surface area contributed by atoms with Gasteiger partial charge in [-0.1, -0.05) is 15.9 Å². The second-order valence-electron chi connectivity index (χ2n) is 2.43. The number of hydrogen-bond donors (Lipinski definition) is 2. The highest BCUT2D eigenvalue weighted by atomic mass is 79.9. The highest BCUT2D eigenvalue weighted by Crippen LogP contribution is 2.25. The van der Waals surface area contributed by atoms with Gasteiger partial charge in [0.15, 0.2) is 11.6 Å². The molecule has 0 aliphatic heterocycles. The first kappa shape index (κ1) is 9.48. The van der Waals surface area contributed by atoms with Crippen LogP contribution in [0.1, 0.15) is 5.56 Å². The fraction of sp³-hybridized carbons (Fsp3) is 0.250. The molecule has 0 atom stereocenters. The summed E-state index contributed by atoms with van der Waals surface area (Å²) in [5, 5.41) is 9.20. The summed E-state index contributed by atoms with van der Waals surface area (Å²) in [6, 6.07) is 2.88. The van der Waals surface area contributed by atoms with Gasteiger partial charge in [0, 0.05) is 4.47 Å². The van der Waals surface area contributed by atoms with Crippen LogP contribution in [0.25, 0.3) is 0 Å². The van der Waals surface area contributed by atoms with Crippen LogP contribution in [-0.4, -0.2) is 11.7 Å². The lowest BCUT2D eigenvalue weighted by molar-refractivity contribution is 0.425. The molecule has 0 aliphatic carbocycles. The normalized spacial score (nSPS) is 10.2. The molecule has 0 unspecified atom stereocenters. The summed E-state index contributed by atoms with van der Waals surface area (Å²) >= 11 is 3.13. The molecule has 0 fully saturated rings. The van der Waals surface area contributed by atoms with Gasteiger partial charge in [-0.3, -0.25) is 0 Å². The third kappa shape index (κ3) is 1.95. The van der Waals surface area contributed by atoms with E-state index in [1.807, 2.05) is 0 Å². The molecule has 0 bridgehead atoms. The summed E-state index contributed by atoms with van der Waals surface area (Å²) in [4.78, 5) is 0. The number of nitrogens with two attached hydrogens (primary N) is 1. The van der Waals surface area contributed by atoms with Gasteiger partial charge in [-0.25, -0.2) is 4.39 Å². The van der Waals surface area contributed by atoms with Crippen molar-refractivity contribution < 1.29 is 9.50 Å². The fourth-order valence-electron chi connectivity index (χ4n) is 0.965. The lowest BCUT2D eigenvalue weighted by Gasteiger charge is -2.04. The maximum Gasteiger partial charge on any atom is 0.166 e. The fourth-order valence-corrected chi connectivity index (χ4v) is 1.44. The Morgan fingerprint density at radius 2 is 2.17 bits per heavy atom. The number of phenolic OH excluding ortho intramolecular Hbond substituents is 1. The molecule has 0 aliphatic rings. The molecular weight excluding hydrogens is 225 g/mol. The largest absolute Gasteiger partial charge is 0.505 e. The van der Waals surface area contributed by atoms with E-state index in [1.165, 1.54) is 6.07 Å². The highest BCUT2D eigenvalue weighted by molar-refractivity contribution is 9.10. The smallest absolute Gasteiger partial charge is 0.166 e. The van der Waals surface area contributed by atoms with Gasteiger partial charge in [-0.15, -0.1) is 0 Å². The second kappa shape index (κ2) is 3.87. The third-order valence-corrected chi connectivity index (χ3v) is 1.98. The first-order valence-electron chi connectivity index (χ1n) is 3.52. The minimum atomic E-state index is -0.618. The number of halogens is 2. The van der Waals surface area contributed by atoms with Crippen LogP contribution in [0.5, 0.6) is 5.75 Å². The van der Waals surface area contributed by atoms with Crippen LogP contribution in [0.15, 0.2) is 16.6 Å². The third-order valence-electron chi connectivity index (χ3n) is 1.52. The van der Waals surface area contributed by atoms with Gasteiger partial charge < -0.3 is 10.8 Å². The van der Waals surface area contributed by atoms with Gasteiger partial charge in [0.05, 0.1) is 0 Å². The van der Waals surface area contributed by atoms with Crippen molar-refractivity contribution in [2.24, 2.45) is 5.73 Å². The van der Waals surface area contributed by atoms with Crippen molar-refractivity contribution in [2.75, 3.05) is 6.54 Å². The zero-order valence-electron chi connectivity index (χ0n) is 6.35. The predicted octanol–water partition coefficient (Wildman–Crippen LogP) is 1.79. The Hall–Kier alpha value is -0.610. The van der Waals surface area contributed by atoms with E-state index < -0.39 is 5.82 Å². The Morgan fingerprint density at radius 3 is 2.75 bits per heavy atom. The summed E-state index contributed by atoms with van der Waals surface area (Å²) < 4.78 is 13.5. The molecule has 2 nitrogen and oxygen atoms in total. The summed E-state index contributed by atoms with van der Waals surface area (Å²) in [5.74, 6) is -0.920. The number of benzene rings is 1. The average Bonchev–Trinajstić information content (AvgIpc) is 2.00. The van der Waals surface area contributed by atoms with Crippen molar-refractivity contribution >= 4 is 15.9 Å². The number of rotatable bonds is 2. The van der Waals surface area contributed by atoms with Gasteiger partial charge in [-0.2, -0.15) is 0 Å². The Kier molecular flexibility index (Phi) is 3.05. The van der Waals surface area contributed by atoms with Crippen molar-refractivity contribution in [3.8, 4) is 5.75 Å². The standard InChI is InChI=1S/C8H9BrFNO/c9-6-3-5(1-2-11)8(12)7(10)4-6/h3-4,12H,1-2,11H2. The van der Waals surface area contributed by atoms with Crippen LogP contribution >= 0.6 is 15.9 Å². The molecule has 0 saturated carbocycles. The topological polar surface area (TPSA) is 46.2 Å². The lowest BCUT2D eigenvalue weighted by atomic mass is 10.1. The van der Waals surface area contributed by atoms with Crippen molar-refractivity contribution in [1.29, 1.82) is 0 Å². The van der Waals surface area contributed by atoms with E-state index in [1.54, 1.807) is 6.07 Å². The Labute approximate surface area is 78.3 Å². The molecule has 0 heterocycles. The van der Waals surface area contributed by atoms with Crippen molar-refractivity contribution in [2.45, 2.75) is 6.42 Å². The van der Waals surface area contributed by atoms with Gasteiger partial charge in [0.25, 0.3) is 0 Å². The average molecular weight is 234 g/mol. The highest BCUT2D eigenvalue weighted by Gasteiger charge is 2.07. The molecule has 4 heteroatoms. The first-order valence-corrected chi connectivity index (χ1v) is 4.31. The summed E-state index contributed by atoms with van der Waals surface area (Å²) in [6.07, 6.45) is 0.474. The quantitative estimate of drug-likeness (QED) is 0.819. The van der Waals surface area contributed by atoms with Gasteiger partial charge in [-0.05, 0) is 30.7 Å². The molecule has 0 radical (unpaired) electrons. The molecule has 1 rings (SSSR count). The summed E-state index contributed by atoms with van der Waals surface area (Å²) in [6.45, 7) is 0.392. The Bertz CT molecular complexity index is 291. The molecule has 0 aromatic heterocycles. The Morgan fingerprint density at radius 1 is 1.50 bits per heavy atom. The van der Waals surface area contributed by atoms with Gasteiger partial charge in [0.1, 0.15) is 0 Å². The lowest BCUT2D eigenvalue weighted by Crippen LogP contribution is -2.03. The molecular formula is C8H9BrFNO. The van der Waals surface area contributed by atoms with Crippen LogP contribution in [0.2, 0.25) is 0 Å². The van der Waals surface area contributed by atoms with Crippen LogP contribution in [0.3, 0.4) is 0 Å². The molecule has 66 valence electrons. The van der Waals surface area contributed by atoms with E-state index in [9.17, 15) is 9.50 Å². The summed E-state index contributed by atoms with van der Waals surface area (Å²) in [7, 11) is 0. The molecule has 0 amide bonds. The Balaban J connectivity index is 3.09. The zero-order chi connectivity index (χ0) is 9.14. The van der Waals surface area contributed by atoms with Gasteiger partial charge in [0.2, 0.25) is 0 Å². The molecule has 12 heavy (non-hydrogen) atoms. The van der Waals surface area contributed by atoms with Crippen LogP contribution in [0, 0.1) is 5.82 Å². The van der Waals surface area contributed by atoms with E-state index in [0.29, 0.717) is 23.0 Å². The minimum Gasteiger partial charge on any atom is -0.505 e.